The van der Waals surface area contributed by atoms with E-state index < -0.39 is 0 Å². The minimum atomic E-state index is 0.181. The van der Waals surface area contributed by atoms with Crippen molar-refractivity contribution >= 4 is 5.91 Å². The lowest BCUT2D eigenvalue weighted by Crippen LogP contribution is -2.44. The van der Waals surface area contributed by atoms with Crippen molar-refractivity contribution in [2.24, 2.45) is 0 Å². The summed E-state index contributed by atoms with van der Waals surface area (Å²) in [7, 11) is 1.88. The Kier molecular flexibility index (Phi) is 6.42. The summed E-state index contributed by atoms with van der Waals surface area (Å²) in [6, 6.07) is 0.481. The van der Waals surface area contributed by atoms with Crippen LogP contribution in [0.1, 0.15) is 32.6 Å². The molecule has 1 N–H and O–H groups in total. The van der Waals surface area contributed by atoms with Gasteiger partial charge in [-0.25, -0.2) is 0 Å². The van der Waals surface area contributed by atoms with Crippen LogP contribution in [0, 0.1) is 0 Å². The predicted octanol–water partition coefficient (Wildman–Crippen LogP) is 1.01. The Balaban J connectivity index is 2.16. The van der Waals surface area contributed by atoms with Gasteiger partial charge in [0, 0.05) is 26.2 Å². The first kappa shape index (κ1) is 13.5. The first-order chi connectivity index (χ1) is 7.74. The van der Waals surface area contributed by atoms with Crippen LogP contribution in [-0.2, 0) is 9.53 Å². The van der Waals surface area contributed by atoms with Gasteiger partial charge in [0.05, 0.1) is 13.0 Å². The molecule has 0 aromatic carbocycles. The van der Waals surface area contributed by atoms with E-state index in [2.05, 4.69) is 5.32 Å². The number of hydrogen-bond acceptors (Lipinski definition) is 3. The van der Waals surface area contributed by atoms with Crippen LogP contribution < -0.4 is 5.32 Å². The maximum absolute atomic E-state index is 11.7. The topological polar surface area (TPSA) is 41.6 Å². The molecular formula is C12H24N2O2. The largest absolute Gasteiger partial charge is 0.381 e. The van der Waals surface area contributed by atoms with Crippen LogP contribution in [0.25, 0.3) is 0 Å². The lowest BCUT2D eigenvalue weighted by atomic mass is 10.0. The van der Waals surface area contributed by atoms with E-state index in [-0.39, 0.29) is 5.91 Å². The highest BCUT2D eigenvalue weighted by molar-refractivity contribution is 5.75. The summed E-state index contributed by atoms with van der Waals surface area (Å²) in [5.74, 6) is 0.181. The molecule has 0 aliphatic carbocycles. The maximum Gasteiger partial charge on any atom is 0.224 e. The molecule has 0 aromatic rings. The number of nitrogens with one attached hydrogen (secondary N) is 1. The number of nitrogens with zero attached hydrogens (tertiary/aromatic N) is 1. The summed E-state index contributed by atoms with van der Waals surface area (Å²) in [5.41, 5.74) is 0. The molecule has 1 aliphatic rings. The number of piperidine rings is 1. The minimum Gasteiger partial charge on any atom is -0.381 e. The van der Waals surface area contributed by atoms with Gasteiger partial charge in [-0.2, -0.15) is 0 Å². The highest BCUT2D eigenvalue weighted by Crippen LogP contribution is 2.08. The number of carbonyl (C=O) groups is 1. The number of hydrogen-bond donors (Lipinski definition) is 1. The Labute approximate surface area is 98.3 Å². The fourth-order valence-electron chi connectivity index (χ4n) is 2.01. The third-order valence-corrected chi connectivity index (χ3v) is 3.00. The second-order valence-electron chi connectivity index (χ2n) is 4.37. The molecule has 1 heterocycles. The van der Waals surface area contributed by atoms with Crippen LogP contribution in [0.2, 0.25) is 0 Å². The van der Waals surface area contributed by atoms with Crippen molar-refractivity contribution in [2.75, 3.05) is 33.4 Å². The molecule has 0 spiro atoms. The lowest BCUT2D eigenvalue weighted by molar-refractivity contribution is -0.131. The molecule has 1 fully saturated rings. The lowest BCUT2D eigenvalue weighted by Gasteiger charge is -2.28. The summed E-state index contributed by atoms with van der Waals surface area (Å²) in [5, 5.41) is 3.45. The normalized spacial score (nSPS) is 20.8. The molecule has 1 saturated heterocycles. The quantitative estimate of drug-likeness (QED) is 0.690. The second kappa shape index (κ2) is 7.63. The van der Waals surface area contributed by atoms with Crippen LogP contribution >= 0.6 is 0 Å². The van der Waals surface area contributed by atoms with Crippen LogP contribution in [0.5, 0.6) is 0 Å². The van der Waals surface area contributed by atoms with Gasteiger partial charge in [0.1, 0.15) is 0 Å². The van der Waals surface area contributed by atoms with Crippen molar-refractivity contribution in [1.29, 1.82) is 0 Å². The van der Waals surface area contributed by atoms with Gasteiger partial charge in [0.15, 0.2) is 0 Å². The first-order valence-electron chi connectivity index (χ1n) is 6.29. The Morgan fingerprint density at radius 2 is 2.31 bits per heavy atom. The number of likely N-dealkylation sites (N-methyl/N-ethyl adjacent to an activating group) is 1. The average molecular weight is 228 g/mol. The Bertz CT molecular complexity index is 203. The van der Waals surface area contributed by atoms with Crippen LogP contribution in [0.3, 0.4) is 0 Å². The van der Waals surface area contributed by atoms with Gasteiger partial charge in [-0.1, -0.05) is 6.42 Å². The van der Waals surface area contributed by atoms with Gasteiger partial charge in [-0.15, -0.1) is 0 Å². The predicted molar refractivity (Wildman–Crippen MR) is 64.4 cm³/mol. The van der Waals surface area contributed by atoms with Gasteiger partial charge in [0.25, 0.3) is 0 Å². The smallest absolute Gasteiger partial charge is 0.224 e. The molecular weight excluding hydrogens is 204 g/mol. The van der Waals surface area contributed by atoms with Crippen molar-refractivity contribution in [2.45, 2.75) is 38.6 Å². The standard InChI is InChI=1S/C12H24N2O2/c1-3-16-9-7-12(15)14(2)10-11-6-4-5-8-13-11/h11,13H,3-10H2,1-2H3. The number of amides is 1. The molecule has 4 nitrogen and oxygen atoms in total. The molecule has 0 radical (unpaired) electrons. The van der Waals surface area contributed by atoms with Gasteiger partial charge in [-0.05, 0) is 26.3 Å². The Hall–Kier alpha value is -0.610. The zero-order valence-electron chi connectivity index (χ0n) is 10.5. The SMILES string of the molecule is CCOCCC(=O)N(C)CC1CCCCN1. The van der Waals surface area contributed by atoms with Crippen molar-refractivity contribution in [1.82, 2.24) is 10.2 Å². The summed E-state index contributed by atoms with van der Waals surface area (Å²) in [6.07, 6.45) is 4.22. The van der Waals surface area contributed by atoms with Gasteiger partial charge in [-0.3, -0.25) is 4.79 Å². The van der Waals surface area contributed by atoms with E-state index in [4.69, 9.17) is 4.74 Å². The maximum atomic E-state index is 11.7. The molecule has 0 saturated carbocycles. The molecule has 4 heteroatoms. The fourth-order valence-corrected chi connectivity index (χ4v) is 2.01. The van der Waals surface area contributed by atoms with E-state index in [1.807, 2.05) is 18.9 Å². The molecule has 1 amide bonds. The number of rotatable bonds is 6. The molecule has 1 unspecified atom stereocenters. The molecule has 1 atom stereocenters. The Morgan fingerprint density at radius 3 is 2.94 bits per heavy atom. The summed E-state index contributed by atoms with van der Waals surface area (Å²) >= 11 is 0. The zero-order chi connectivity index (χ0) is 11.8. The van der Waals surface area contributed by atoms with Crippen molar-refractivity contribution in [3.63, 3.8) is 0 Å². The molecule has 1 aliphatic heterocycles. The molecule has 94 valence electrons. The van der Waals surface area contributed by atoms with Crippen LogP contribution in [0.15, 0.2) is 0 Å². The van der Waals surface area contributed by atoms with E-state index in [9.17, 15) is 4.79 Å². The molecule has 16 heavy (non-hydrogen) atoms. The minimum absolute atomic E-state index is 0.181. The van der Waals surface area contributed by atoms with E-state index in [0.29, 0.717) is 25.7 Å². The number of carbonyl (C=O) groups excluding carboxylic acids is 1. The molecule has 0 bridgehead atoms. The summed E-state index contributed by atoms with van der Waals surface area (Å²) in [6.45, 7) is 5.08. The van der Waals surface area contributed by atoms with E-state index in [0.717, 1.165) is 13.1 Å². The first-order valence-corrected chi connectivity index (χ1v) is 6.29. The third kappa shape index (κ3) is 4.94. The van der Waals surface area contributed by atoms with Gasteiger partial charge >= 0.3 is 0 Å². The fraction of sp³-hybridized carbons (Fsp3) is 0.917. The zero-order valence-corrected chi connectivity index (χ0v) is 10.5. The van der Waals surface area contributed by atoms with Gasteiger partial charge < -0.3 is 15.0 Å². The van der Waals surface area contributed by atoms with E-state index in [1.54, 1.807) is 0 Å². The summed E-state index contributed by atoms with van der Waals surface area (Å²) < 4.78 is 5.18. The Morgan fingerprint density at radius 1 is 1.50 bits per heavy atom. The number of ether oxygens (including phenoxy) is 1. The third-order valence-electron chi connectivity index (χ3n) is 3.00. The van der Waals surface area contributed by atoms with Crippen molar-refractivity contribution in [3.05, 3.63) is 0 Å². The highest BCUT2D eigenvalue weighted by atomic mass is 16.5. The van der Waals surface area contributed by atoms with Gasteiger partial charge in [0.2, 0.25) is 5.91 Å². The van der Waals surface area contributed by atoms with Crippen LogP contribution in [-0.4, -0.2) is 50.2 Å². The molecule has 1 rings (SSSR count). The van der Waals surface area contributed by atoms with Crippen LogP contribution in [0.4, 0.5) is 0 Å². The van der Waals surface area contributed by atoms with E-state index >= 15 is 0 Å². The highest BCUT2D eigenvalue weighted by Gasteiger charge is 2.17. The molecule has 0 aromatic heterocycles. The average Bonchev–Trinajstić information content (AvgIpc) is 2.30. The van der Waals surface area contributed by atoms with Crippen molar-refractivity contribution < 1.29 is 9.53 Å². The van der Waals surface area contributed by atoms with Crippen molar-refractivity contribution in [3.8, 4) is 0 Å². The van der Waals surface area contributed by atoms with E-state index in [1.165, 1.54) is 19.3 Å². The second-order valence-corrected chi connectivity index (χ2v) is 4.37. The summed E-state index contributed by atoms with van der Waals surface area (Å²) in [4.78, 5) is 13.5. The monoisotopic (exact) mass is 228 g/mol.